The lowest BCUT2D eigenvalue weighted by Gasteiger charge is -2.41. The molecule has 0 aliphatic heterocycles. The number of nitrogens with two attached hydrogens (primary N) is 1. The van der Waals surface area contributed by atoms with E-state index in [2.05, 4.69) is 24.3 Å². The quantitative estimate of drug-likeness (QED) is 0.824. The first kappa shape index (κ1) is 11.6. The van der Waals surface area contributed by atoms with Crippen molar-refractivity contribution in [3.05, 3.63) is 35.4 Å². The third-order valence-corrected chi connectivity index (χ3v) is 3.84. The molecule has 0 unspecified atom stereocenters. The summed E-state index contributed by atoms with van der Waals surface area (Å²) in [5.41, 5.74) is 8.99. The minimum Gasteiger partial charge on any atom is -0.384 e. The van der Waals surface area contributed by atoms with E-state index in [1.165, 1.54) is 30.4 Å². The highest BCUT2D eigenvalue weighted by atomic mass is 16.5. The van der Waals surface area contributed by atoms with Gasteiger partial charge in [0.25, 0.3) is 0 Å². The Morgan fingerprint density at radius 3 is 2.75 bits per heavy atom. The van der Waals surface area contributed by atoms with E-state index >= 15 is 0 Å². The number of ether oxygens (including phenoxy) is 1. The summed E-state index contributed by atoms with van der Waals surface area (Å²) in [4.78, 5) is 0. The second kappa shape index (κ2) is 4.98. The second-order valence-electron chi connectivity index (χ2n) is 4.78. The van der Waals surface area contributed by atoms with Crippen molar-refractivity contribution in [2.45, 2.75) is 31.1 Å². The van der Waals surface area contributed by atoms with Crippen LogP contribution in [0.25, 0.3) is 0 Å². The van der Waals surface area contributed by atoms with Crippen molar-refractivity contribution in [2.24, 2.45) is 5.73 Å². The van der Waals surface area contributed by atoms with Crippen molar-refractivity contribution in [3.63, 3.8) is 0 Å². The fourth-order valence-electron chi connectivity index (χ4n) is 2.49. The number of hydrogen-bond donors (Lipinski definition) is 1. The summed E-state index contributed by atoms with van der Waals surface area (Å²) >= 11 is 0. The van der Waals surface area contributed by atoms with E-state index in [4.69, 9.17) is 10.5 Å². The van der Waals surface area contributed by atoms with Gasteiger partial charge in [0.1, 0.15) is 0 Å². The zero-order chi connectivity index (χ0) is 11.4. The van der Waals surface area contributed by atoms with Gasteiger partial charge in [-0.2, -0.15) is 0 Å². The number of benzene rings is 1. The van der Waals surface area contributed by atoms with E-state index in [1.54, 1.807) is 7.11 Å². The van der Waals surface area contributed by atoms with Crippen LogP contribution in [0.2, 0.25) is 0 Å². The third-order valence-electron chi connectivity index (χ3n) is 3.84. The first-order valence-corrected chi connectivity index (χ1v) is 6.09. The maximum atomic E-state index is 5.93. The maximum Gasteiger partial charge on any atom is 0.0502 e. The molecule has 0 bridgehead atoms. The van der Waals surface area contributed by atoms with Crippen LogP contribution in [0.1, 0.15) is 30.4 Å². The summed E-state index contributed by atoms with van der Waals surface area (Å²) in [6.45, 7) is 1.57. The van der Waals surface area contributed by atoms with Crippen LogP contribution < -0.4 is 5.73 Å². The van der Waals surface area contributed by atoms with Crippen LogP contribution in [0, 0.1) is 0 Å². The number of methoxy groups -OCH3 is 1. The summed E-state index contributed by atoms with van der Waals surface area (Å²) in [5.74, 6) is 0. The van der Waals surface area contributed by atoms with Crippen molar-refractivity contribution < 1.29 is 4.74 Å². The Balaban J connectivity index is 2.15. The monoisotopic (exact) mass is 219 g/mol. The van der Waals surface area contributed by atoms with Gasteiger partial charge in [0.2, 0.25) is 0 Å². The molecule has 2 heteroatoms. The Morgan fingerprint density at radius 2 is 2.19 bits per heavy atom. The summed E-state index contributed by atoms with van der Waals surface area (Å²) in [6, 6.07) is 8.86. The van der Waals surface area contributed by atoms with E-state index in [1.807, 2.05) is 0 Å². The van der Waals surface area contributed by atoms with Gasteiger partial charge >= 0.3 is 0 Å². The van der Waals surface area contributed by atoms with Crippen molar-refractivity contribution in [2.75, 3.05) is 20.3 Å². The minimum absolute atomic E-state index is 0.281. The SMILES string of the molecule is COCCc1cccc(C2(CN)CCC2)c1. The molecule has 2 N–H and O–H groups in total. The smallest absolute Gasteiger partial charge is 0.0502 e. The molecule has 0 radical (unpaired) electrons. The number of hydrogen-bond acceptors (Lipinski definition) is 2. The Bertz CT molecular complexity index is 339. The molecule has 0 heterocycles. The molecule has 1 aromatic carbocycles. The van der Waals surface area contributed by atoms with Crippen LogP contribution in [0.5, 0.6) is 0 Å². The first-order valence-electron chi connectivity index (χ1n) is 6.09. The maximum absolute atomic E-state index is 5.93. The highest BCUT2D eigenvalue weighted by Crippen LogP contribution is 2.42. The van der Waals surface area contributed by atoms with Crippen molar-refractivity contribution in [3.8, 4) is 0 Å². The summed E-state index contributed by atoms with van der Waals surface area (Å²) in [6.07, 6.45) is 4.80. The molecule has 0 spiro atoms. The average molecular weight is 219 g/mol. The topological polar surface area (TPSA) is 35.2 Å². The molecule has 0 saturated heterocycles. The number of rotatable bonds is 5. The van der Waals surface area contributed by atoms with Gasteiger partial charge in [-0.1, -0.05) is 30.7 Å². The lowest BCUT2D eigenvalue weighted by Crippen LogP contribution is -2.41. The Kier molecular flexibility index (Phi) is 3.62. The Labute approximate surface area is 97.8 Å². The fraction of sp³-hybridized carbons (Fsp3) is 0.571. The molecule has 0 atom stereocenters. The van der Waals surface area contributed by atoms with E-state index in [-0.39, 0.29) is 5.41 Å². The van der Waals surface area contributed by atoms with E-state index in [0.717, 1.165) is 19.6 Å². The van der Waals surface area contributed by atoms with Gasteiger partial charge in [0.15, 0.2) is 0 Å². The molecule has 2 nitrogen and oxygen atoms in total. The predicted octanol–water partition coefficient (Wildman–Crippen LogP) is 2.26. The molecular formula is C14H21NO. The van der Waals surface area contributed by atoms with E-state index in [0.29, 0.717) is 0 Å². The molecule has 88 valence electrons. The molecule has 16 heavy (non-hydrogen) atoms. The molecule has 2 rings (SSSR count). The van der Waals surface area contributed by atoms with Gasteiger partial charge in [-0.3, -0.25) is 0 Å². The third kappa shape index (κ3) is 2.13. The van der Waals surface area contributed by atoms with Crippen LogP contribution in [0.3, 0.4) is 0 Å². The summed E-state index contributed by atoms with van der Waals surface area (Å²) in [7, 11) is 1.75. The van der Waals surface area contributed by atoms with Crippen molar-refractivity contribution in [1.29, 1.82) is 0 Å². The van der Waals surface area contributed by atoms with E-state index in [9.17, 15) is 0 Å². The van der Waals surface area contributed by atoms with Crippen molar-refractivity contribution >= 4 is 0 Å². The lowest BCUT2D eigenvalue weighted by atomic mass is 9.64. The predicted molar refractivity (Wildman–Crippen MR) is 66.6 cm³/mol. The molecule has 0 amide bonds. The van der Waals surface area contributed by atoms with Gasteiger partial charge < -0.3 is 10.5 Å². The van der Waals surface area contributed by atoms with Gasteiger partial charge in [-0.25, -0.2) is 0 Å². The summed E-state index contributed by atoms with van der Waals surface area (Å²) in [5, 5.41) is 0. The molecule has 1 fully saturated rings. The fourth-order valence-corrected chi connectivity index (χ4v) is 2.49. The Hall–Kier alpha value is -0.860. The zero-order valence-electron chi connectivity index (χ0n) is 10.0. The Morgan fingerprint density at radius 1 is 1.38 bits per heavy atom. The van der Waals surface area contributed by atoms with Gasteiger partial charge in [-0.05, 0) is 30.4 Å². The average Bonchev–Trinajstić information content (AvgIpc) is 2.26. The van der Waals surface area contributed by atoms with Gasteiger partial charge in [0.05, 0.1) is 6.61 Å². The molecule has 1 aromatic rings. The molecule has 1 aliphatic carbocycles. The zero-order valence-corrected chi connectivity index (χ0v) is 10.0. The first-order chi connectivity index (χ1) is 7.80. The van der Waals surface area contributed by atoms with Crippen LogP contribution in [-0.2, 0) is 16.6 Å². The van der Waals surface area contributed by atoms with Crippen LogP contribution >= 0.6 is 0 Å². The highest BCUT2D eigenvalue weighted by molar-refractivity contribution is 5.32. The molecule has 1 saturated carbocycles. The largest absolute Gasteiger partial charge is 0.384 e. The minimum atomic E-state index is 0.281. The van der Waals surface area contributed by atoms with E-state index < -0.39 is 0 Å². The highest BCUT2D eigenvalue weighted by Gasteiger charge is 2.37. The lowest BCUT2D eigenvalue weighted by molar-refractivity contribution is 0.202. The molecular weight excluding hydrogens is 198 g/mol. The summed E-state index contributed by atoms with van der Waals surface area (Å²) < 4.78 is 5.11. The normalized spacial score (nSPS) is 18.1. The van der Waals surface area contributed by atoms with Gasteiger partial charge in [-0.15, -0.1) is 0 Å². The van der Waals surface area contributed by atoms with Gasteiger partial charge in [0, 0.05) is 19.1 Å². The molecule has 1 aliphatic rings. The van der Waals surface area contributed by atoms with Crippen molar-refractivity contribution in [1.82, 2.24) is 0 Å². The van der Waals surface area contributed by atoms with Crippen LogP contribution in [0.4, 0.5) is 0 Å². The van der Waals surface area contributed by atoms with Crippen LogP contribution in [-0.4, -0.2) is 20.3 Å². The second-order valence-corrected chi connectivity index (χ2v) is 4.78. The molecule has 0 aromatic heterocycles. The standard InChI is InChI=1S/C14H21NO/c1-16-9-6-12-4-2-5-13(10-12)14(11-15)7-3-8-14/h2,4-5,10H,3,6-9,11,15H2,1H3. The van der Waals surface area contributed by atoms with Crippen LogP contribution in [0.15, 0.2) is 24.3 Å².